The van der Waals surface area contributed by atoms with Crippen LogP contribution in [0.1, 0.15) is 52.7 Å². The van der Waals surface area contributed by atoms with E-state index in [2.05, 4.69) is 20.7 Å². The second-order valence-corrected chi connectivity index (χ2v) is 7.76. The van der Waals surface area contributed by atoms with Crippen LogP contribution in [0.25, 0.3) is 0 Å². The van der Waals surface area contributed by atoms with Gasteiger partial charge in [0.1, 0.15) is 6.67 Å². The molecule has 2 aliphatic carbocycles. The van der Waals surface area contributed by atoms with E-state index in [1.165, 1.54) is 6.07 Å². The fraction of sp³-hybridized carbons (Fsp3) is 0.556. The minimum Gasteiger partial charge on any atom is -0.358 e. The minimum absolute atomic E-state index is 0.0418. The summed E-state index contributed by atoms with van der Waals surface area (Å²) >= 11 is 0. The summed E-state index contributed by atoms with van der Waals surface area (Å²) in [5, 5.41) is 13.6. The maximum Gasteiger partial charge on any atom is 0.273 e. The smallest absolute Gasteiger partial charge is 0.273 e. The van der Waals surface area contributed by atoms with Gasteiger partial charge in [0, 0.05) is 30.6 Å². The van der Waals surface area contributed by atoms with Crippen molar-refractivity contribution in [1.29, 1.82) is 0 Å². The lowest BCUT2D eigenvalue weighted by Crippen LogP contribution is -2.60. The molecule has 142 valence electrons. The summed E-state index contributed by atoms with van der Waals surface area (Å²) in [4.78, 5) is 27.0. The number of carbonyl (C=O) groups excluding carboxylic acids is 2. The van der Waals surface area contributed by atoms with Gasteiger partial charge in [-0.15, -0.1) is 0 Å². The number of alkyl halides is 1. The monoisotopic (exact) mass is 373 g/mol. The average Bonchev–Trinajstić information content (AvgIpc) is 3.03. The number of carbonyl (C=O) groups is 2. The first-order valence-electron chi connectivity index (χ1n) is 9.24. The third-order valence-corrected chi connectivity index (χ3v) is 6.15. The largest absolute Gasteiger partial charge is 0.358 e. The number of fused-ring (bicyclic) bond motifs is 1. The van der Waals surface area contributed by atoms with Crippen LogP contribution in [0.2, 0.25) is 0 Å². The van der Waals surface area contributed by atoms with Gasteiger partial charge in [0.15, 0.2) is 11.5 Å². The van der Waals surface area contributed by atoms with Crippen LogP contribution in [0.5, 0.6) is 0 Å². The summed E-state index contributed by atoms with van der Waals surface area (Å²) in [6, 6.07) is 1.32. The summed E-state index contributed by atoms with van der Waals surface area (Å²) in [6.45, 7) is 0.506. The number of rotatable bonds is 5. The first kappa shape index (κ1) is 16.5. The summed E-state index contributed by atoms with van der Waals surface area (Å²) in [5.41, 5.74) is 1.90. The molecule has 3 heterocycles. The van der Waals surface area contributed by atoms with Gasteiger partial charge in [-0.05, 0) is 31.2 Å². The molecule has 5 rings (SSSR count). The van der Waals surface area contributed by atoms with Crippen molar-refractivity contribution in [2.75, 3.05) is 13.1 Å². The number of nitrogens with zero attached hydrogens (tertiary/aromatic N) is 3. The quantitative estimate of drug-likeness (QED) is 0.823. The molecular weight excluding hydrogens is 353 g/mol. The minimum atomic E-state index is -0.787. The SMILES string of the molecule is O=C(NC1(C2CN(C(=O)C3CCc4cn[nH]c43)C2)CC1)c1cc(CF)on1. The van der Waals surface area contributed by atoms with Crippen molar-refractivity contribution in [3.05, 3.63) is 35.0 Å². The predicted octanol–water partition coefficient (Wildman–Crippen LogP) is 1.32. The Bertz CT molecular complexity index is 896. The van der Waals surface area contributed by atoms with Gasteiger partial charge in [0.05, 0.1) is 17.8 Å². The fourth-order valence-electron chi connectivity index (χ4n) is 4.28. The van der Waals surface area contributed by atoms with Gasteiger partial charge in [-0.2, -0.15) is 5.10 Å². The summed E-state index contributed by atoms with van der Waals surface area (Å²) < 4.78 is 17.3. The number of nitrogens with one attached hydrogen (secondary N) is 2. The van der Waals surface area contributed by atoms with Crippen LogP contribution in [0.3, 0.4) is 0 Å². The Morgan fingerprint density at radius 3 is 2.93 bits per heavy atom. The first-order valence-corrected chi connectivity index (χ1v) is 9.24. The maximum absolute atomic E-state index is 12.8. The number of hydrogen-bond donors (Lipinski definition) is 2. The van der Waals surface area contributed by atoms with Crippen molar-refractivity contribution in [3.63, 3.8) is 0 Å². The van der Waals surface area contributed by atoms with E-state index in [1.54, 1.807) is 6.20 Å². The van der Waals surface area contributed by atoms with Crippen LogP contribution < -0.4 is 5.32 Å². The molecule has 3 aliphatic rings. The van der Waals surface area contributed by atoms with Gasteiger partial charge in [-0.3, -0.25) is 14.7 Å². The van der Waals surface area contributed by atoms with E-state index in [4.69, 9.17) is 4.52 Å². The molecule has 0 radical (unpaired) electrons. The zero-order valence-electron chi connectivity index (χ0n) is 14.7. The molecule has 1 saturated carbocycles. The molecule has 0 bridgehead atoms. The lowest BCUT2D eigenvalue weighted by molar-refractivity contribution is -0.140. The topological polar surface area (TPSA) is 104 Å². The number of hydrogen-bond acceptors (Lipinski definition) is 5. The standard InChI is InChI=1S/C18H20FN5O3/c19-6-12-5-14(23-27-12)16(25)21-18(3-4-18)11-8-24(9-11)17(26)13-2-1-10-7-20-22-15(10)13/h5,7,11,13H,1-4,6,8-9H2,(H,20,22)(H,21,25). The molecule has 2 amide bonds. The number of aromatic amines is 1. The normalized spacial score (nSPS) is 23.0. The van der Waals surface area contributed by atoms with E-state index in [1.807, 2.05) is 4.90 Å². The highest BCUT2D eigenvalue weighted by Crippen LogP contribution is 2.47. The molecule has 1 aliphatic heterocycles. The number of H-pyrrole nitrogens is 1. The summed E-state index contributed by atoms with van der Waals surface area (Å²) in [6.07, 6.45) is 5.28. The van der Waals surface area contributed by atoms with Gasteiger partial charge >= 0.3 is 0 Å². The second-order valence-electron chi connectivity index (χ2n) is 7.76. The molecule has 8 nitrogen and oxygen atoms in total. The van der Waals surface area contributed by atoms with Crippen molar-refractivity contribution in [2.24, 2.45) is 5.92 Å². The zero-order valence-corrected chi connectivity index (χ0v) is 14.7. The van der Waals surface area contributed by atoms with Crippen molar-refractivity contribution in [1.82, 2.24) is 25.6 Å². The van der Waals surface area contributed by atoms with E-state index < -0.39 is 6.67 Å². The van der Waals surface area contributed by atoms with E-state index >= 15 is 0 Å². The average molecular weight is 373 g/mol. The van der Waals surface area contributed by atoms with Gasteiger partial charge in [0.25, 0.3) is 5.91 Å². The Balaban J connectivity index is 1.19. The predicted molar refractivity (Wildman–Crippen MR) is 90.5 cm³/mol. The van der Waals surface area contributed by atoms with Crippen molar-refractivity contribution < 1.29 is 18.5 Å². The molecule has 1 unspecified atom stereocenters. The molecule has 0 aromatic carbocycles. The lowest BCUT2D eigenvalue weighted by atomic mass is 9.87. The van der Waals surface area contributed by atoms with Crippen molar-refractivity contribution in [3.8, 4) is 0 Å². The Kier molecular flexibility index (Phi) is 3.60. The Labute approximate surface area is 154 Å². The Morgan fingerprint density at radius 1 is 1.41 bits per heavy atom. The second kappa shape index (κ2) is 5.90. The van der Waals surface area contributed by atoms with Gasteiger partial charge < -0.3 is 14.7 Å². The molecule has 0 spiro atoms. The van der Waals surface area contributed by atoms with Crippen LogP contribution in [0.4, 0.5) is 4.39 Å². The van der Waals surface area contributed by atoms with Crippen LogP contribution in [0, 0.1) is 5.92 Å². The Morgan fingerprint density at radius 2 is 2.22 bits per heavy atom. The molecule has 2 aromatic rings. The van der Waals surface area contributed by atoms with Gasteiger partial charge in [-0.1, -0.05) is 5.16 Å². The summed E-state index contributed by atoms with van der Waals surface area (Å²) in [7, 11) is 0. The fourth-order valence-corrected chi connectivity index (χ4v) is 4.28. The van der Waals surface area contributed by atoms with Crippen molar-refractivity contribution >= 4 is 11.8 Å². The highest BCUT2D eigenvalue weighted by molar-refractivity contribution is 5.93. The van der Waals surface area contributed by atoms with Crippen LogP contribution in [-0.4, -0.2) is 50.7 Å². The summed E-state index contributed by atoms with van der Waals surface area (Å²) in [5.74, 6) is -0.0535. The maximum atomic E-state index is 12.8. The van der Waals surface area contributed by atoms with Gasteiger partial charge in [-0.25, -0.2) is 4.39 Å². The van der Waals surface area contributed by atoms with Crippen LogP contribution in [-0.2, 0) is 17.9 Å². The van der Waals surface area contributed by atoms with Crippen LogP contribution in [0.15, 0.2) is 16.8 Å². The third kappa shape index (κ3) is 2.64. The first-order chi connectivity index (χ1) is 13.1. The highest BCUT2D eigenvalue weighted by Gasteiger charge is 2.56. The molecule has 1 saturated heterocycles. The zero-order chi connectivity index (χ0) is 18.6. The number of aromatic nitrogens is 3. The van der Waals surface area contributed by atoms with E-state index in [0.29, 0.717) is 13.1 Å². The van der Waals surface area contributed by atoms with Crippen LogP contribution >= 0.6 is 0 Å². The highest BCUT2D eigenvalue weighted by atomic mass is 19.1. The number of halogens is 1. The molecule has 2 fully saturated rings. The molecule has 2 aromatic heterocycles. The molecule has 9 heteroatoms. The Hall–Kier alpha value is -2.71. The number of likely N-dealkylation sites (tertiary alicyclic amines) is 1. The number of aryl methyl sites for hydroxylation is 1. The molecule has 1 atom stereocenters. The lowest BCUT2D eigenvalue weighted by Gasteiger charge is -2.45. The molecule has 27 heavy (non-hydrogen) atoms. The van der Waals surface area contributed by atoms with E-state index in [-0.39, 0.29) is 40.6 Å². The third-order valence-electron chi connectivity index (χ3n) is 6.15. The van der Waals surface area contributed by atoms with Gasteiger partial charge in [0.2, 0.25) is 5.91 Å². The van der Waals surface area contributed by atoms with E-state index in [9.17, 15) is 14.0 Å². The molecular formula is C18H20FN5O3. The van der Waals surface area contributed by atoms with Crippen molar-refractivity contribution in [2.45, 2.75) is 43.8 Å². The number of amides is 2. The molecule has 2 N–H and O–H groups in total. The van der Waals surface area contributed by atoms with E-state index in [0.717, 1.165) is 36.9 Å².